The lowest BCUT2D eigenvalue weighted by Gasteiger charge is -2.12. The van der Waals surface area contributed by atoms with Crippen LogP contribution in [-0.2, 0) is 11.3 Å². The van der Waals surface area contributed by atoms with Crippen molar-refractivity contribution in [2.45, 2.75) is 12.6 Å². The molecule has 0 aromatic heterocycles. The molecule has 3 nitrogen and oxygen atoms in total. The summed E-state index contributed by atoms with van der Waals surface area (Å²) < 4.78 is 13.3. The summed E-state index contributed by atoms with van der Waals surface area (Å²) in [5.41, 5.74) is 2.17. The molecule has 2 N–H and O–H groups in total. The minimum atomic E-state index is -0.558. The normalized spacial score (nSPS) is 16.9. The molecular weight excluding hydrogens is 279 g/mol. The summed E-state index contributed by atoms with van der Waals surface area (Å²) in [6, 6.07) is 11.1. The van der Waals surface area contributed by atoms with Gasteiger partial charge in [0.05, 0.1) is 0 Å². The quantitative estimate of drug-likeness (QED) is 0.911. The second-order valence-electron chi connectivity index (χ2n) is 4.63. The van der Waals surface area contributed by atoms with E-state index in [0.29, 0.717) is 22.8 Å². The number of rotatable bonds is 3. The van der Waals surface area contributed by atoms with Crippen molar-refractivity contribution in [1.29, 1.82) is 0 Å². The maximum absolute atomic E-state index is 13.3. The van der Waals surface area contributed by atoms with Gasteiger partial charge in [-0.15, -0.1) is 0 Å². The molecule has 2 aromatic rings. The molecule has 0 saturated carbocycles. The molecule has 3 rings (SSSR count). The van der Waals surface area contributed by atoms with Gasteiger partial charge in [0.15, 0.2) is 0 Å². The number of carbonyl (C=O) groups excluding carboxylic acids is 1. The van der Waals surface area contributed by atoms with Crippen LogP contribution in [0.5, 0.6) is 0 Å². The number of amides is 1. The molecule has 1 unspecified atom stereocenters. The van der Waals surface area contributed by atoms with Crippen molar-refractivity contribution < 1.29 is 9.18 Å². The Balaban J connectivity index is 1.80. The zero-order chi connectivity index (χ0) is 14.1. The van der Waals surface area contributed by atoms with Gasteiger partial charge in [0.2, 0.25) is 5.91 Å². The maximum atomic E-state index is 13.3. The van der Waals surface area contributed by atoms with E-state index in [9.17, 15) is 9.18 Å². The van der Waals surface area contributed by atoms with E-state index in [2.05, 4.69) is 10.6 Å². The third-order valence-electron chi connectivity index (χ3n) is 3.30. The Morgan fingerprint density at radius 1 is 1.25 bits per heavy atom. The second kappa shape index (κ2) is 5.23. The minimum Gasteiger partial charge on any atom is -0.324 e. The predicted octanol–water partition coefficient (Wildman–Crippen LogP) is 3.26. The molecule has 0 fully saturated rings. The van der Waals surface area contributed by atoms with E-state index in [1.54, 1.807) is 12.1 Å². The summed E-state index contributed by atoms with van der Waals surface area (Å²) in [4.78, 5) is 11.9. The maximum Gasteiger partial charge on any atom is 0.246 e. The van der Waals surface area contributed by atoms with E-state index in [1.165, 1.54) is 12.1 Å². The molecule has 0 saturated heterocycles. The summed E-state index contributed by atoms with van der Waals surface area (Å²) in [6.45, 7) is 0.438. The number of fused-ring (bicyclic) bond motifs is 1. The summed E-state index contributed by atoms with van der Waals surface area (Å²) in [7, 11) is 0. The molecule has 0 radical (unpaired) electrons. The smallest absolute Gasteiger partial charge is 0.246 e. The fourth-order valence-corrected chi connectivity index (χ4v) is 2.49. The highest BCUT2D eigenvalue weighted by molar-refractivity contribution is 6.31. The number of anilines is 1. The topological polar surface area (TPSA) is 41.1 Å². The number of halogens is 2. The van der Waals surface area contributed by atoms with Crippen molar-refractivity contribution in [1.82, 2.24) is 5.32 Å². The molecule has 1 heterocycles. The third kappa shape index (κ3) is 2.40. The Hall–Kier alpha value is -1.91. The van der Waals surface area contributed by atoms with Crippen LogP contribution in [0.15, 0.2) is 42.5 Å². The lowest BCUT2D eigenvalue weighted by molar-refractivity contribution is -0.117. The van der Waals surface area contributed by atoms with Crippen LogP contribution in [0, 0.1) is 5.82 Å². The molecule has 1 aliphatic heterocycles. The molecule has 0 bridgehead atoms. The van der Waals surface area contributed by atoms with Gasteiger partial charge in [-0.2, -0.15) is 0 Å². The molecular formula is C15H12ClFN2O. The standard InChI is InChI=1S/C15H12ClFN2O/c16-12-4-2-1-3-9(12)8-18-14-11-7-10(17)5-6-13(11)19-15(14)20/h1-7,14,18H,8H2,(H,19,20). The van der Waals surface area contributed by atoms with Crippen LogP contribution < -0.4 is 10.6 Å². The Labute approximate surface area is 120 Å². The molecule has 20 heavy (non-hydrogen) atoms. The van der Waals surface area contributed by atoms with E-state index in [4.69, 9.17) is 11.6 Å². The molecule has 1 aliphatic rings. The van der Waals surface area contributed by atoms with E-state index in [1.807, 2.05) is 18.2 Å². The lowest BCUT2D eigenvalue weighted by Crippen LogP contribution is -2.27. The predicted molar refractivity (Wildman–Crippen MR) is 76.1 cm³/mol. The second-order valence-corrected chi connectivity index (χ2v) is 5.03. The number of benzene rings is 2. The Bertz CT molecular complexity index is 675. The first-order valence-electron chi connectivity index (χ1n) is 6.22. The van der Waals surface area contributed by atoms with Crippen molar-refractivity contribution >= 4 is 23.2 Å². The molecule has 0 spiro atoms. The van der Waals surface area contributed by atoms with Crippen molar-refractivity contribution in [2.75, 3.05) is 5.32 Å². The highest BCUT2D eigenvalue weighted by Crippen LogP contribution is 2.31. The highest BCUT2D eigenvalue weighted by Gasteiger charge is 2.30. The Morgan fingerprint density at radius 2 is 2.05 bits per heavy atom. The Morgan fingerprint density at radius 3 is 2.85 bits per heavy atom. The number of carbonyl (C=O) groups is 1. The number of hydrogen-bond donors (Lipinski definition) is 2. The van der Waals surface area contributed by atoms with E-state index < -0.39 is 6.04 Å². The van der Waals surface area contributed by atoms with Gasteiger partial charge in [0, 0.05) is 22.8 Å². The number of nitrogens with one attached hydrogen (secondary N) is 2. The van der Waals surface area contributed by atoms with Crippen LogP contribution in [-0.4, -0.2) is 5.91 Å². The summed E-state index contributed by atoms with van der Waals surface area (Å²) in [5, 5.41) is 6.47. The average molecular weight is 291 g/mol. The first kappa shape index (κ1) is 13.1. The summed E-state index contributed by atoms with van der Waals surface area (Å²) in [6.07, 6.45) is 0. The zero-order valence-corrected chi connectivity index (χ0v) is 11.2. The molecule has 102 valence electrons. The summed E-state index contributed by atoms with van der Waals surface area (Å²) in [5.74, 6) is -0.539. The van der Waals surface area contributed by atoms with Gasteiger partial charge in [0.1, 0.15) is 11.9 Å². The van der Waals surface area contributed by atoms with E-state index in [-0.39, 0.29) is 11.7 Å². The first-order chi connectivity index (χ1) is 9.65. The van der Waals surface area contributed by atoms with Gasteiger partial charge < -0.3 is 5.32 Å². The minimum absolute atomic E-state index is 0.183. The van der Waals surface area contributed by atoms with Crippen LogP contribution in [0.4, 0.5) is 10.1 Å². The zero-order valence-electron chi connectivity index (χ0n) is 10.5. The van der Waals surface area contributed by atoms with Crippen LogP contribution in [0.1, 0.15) is 17.2 Å². The summed E-state index contributed by atoms with van der Waals surface area (Å²) >= 11 is 6.07. The molecule has 0 aliphatic carbocycles. The van der Waals surface area contributed by atoms with Crippen LogP contribution in [0.25, 0.3) is 0 Å². The van der Waals surface area contributed by atoms with Crippen LogP contribution in [0.3, 0.4) is 0 Å². The van der Waals surface area contributed by atoms with E-state index >= 15 is 0 Å². The largest absolute Gasteiger partial charge is 0.324 e. The molecule has 1 atom stereocenters. The van der Waals surface area contributed by atoms with Crippen molar-refractivity contribution in [2.24, 2.45) is 0 Å². The number of hydrogen-bond acceptors (Lipinski definition) is 2. The van der Waals surface area contributed by atoms with Gasteiger partial charge in [-0.1, -0.05) is 29.8 Å². The monoisotopic (exact) mass is 290 g/mol. The average Bonchev–Trinajstić information content (AvgIpc) is 2.73. The third-order valence-corrected chi connectivity index (χ3v) is 3.67. The van der Waals surface area contributed by atoms with Gasteiger partial charge in [-0.25, -0.2) is 4.39 Å². The van der Waals surface area contributed by atoms with Crippen LogP contribution in [0.2, 0.25) is 5.02 Å². The SMILES string of the molecule is O=C1Nc2ccc(F)cc2C1NCc1ccccc1Cl. The molecule has 1 amide bonds. The lowest BCUT2D eigenvalue weighted by atomic mass is 10.1. The molecule has 5 heteroatoms. The fourth-order valence-electron chi connectivity index (χ4n) is 2.29. The van der Waals surface area contributed by atoms with Crippen LogP contribution >= 0.6 is 11.6 Å². The van der Waals surface area contributed by atoms with Crippen molar-refractivity contribution in [3.8, 4) is 0 Å². The Kier molecular flexibility index (Phi) is 3.42. The van der Waals surface area contributed by atoms with Gasteiger partial charge in [0.25, 0.3) is 0 Å². The molecule has 2 aromatic carbocycles. The first-order valence-corrected chi connectivity index (χ1v) is 6.60. The van der Waals surface area contributed by atoms with Crippen molar-refractivity contribution in [3.05, 3.63) is 64.4 Å². The van der Waals surface area contributed by atoms with E-state index in [0.717, 1.165) is 5.56 Å². The fraction of sp³-hybridized carbons (Fsp3) is 0.133. The van der Waals surface area contributed by atoms with Gasteiger partial charge >= 0.3 is 0 Å². The van der Waals surface area contributed by atoms with Crippen molar-refractivity contribution in [3.63, 3.8) is 0 Å². The van der Waals surface area contributed by atoms with Gasteiger partial charge in [-0.05, 0) is 29.8 Å². The van der Waals surface area contributed by atoms with Gasteiger partial charge in [-0.3, -0.25) is 10.1 Å². The highest BCUT2D eigenvalue weighted by atomic mass is 35.5.